The molecule has 0 saturated carbocycles. The molecule has 1 fully saturated rings. The second kappa shape index (κ2) is 7.67. The molecule has 1 rings (SSSR count). The average Bonchev–Trinajstić information content (AvgIpc) is 2.33. The zero-order valence-corrected chi connectivity index (χ0v) is 14.7. The number of rotatable bonds is 7. The predicted octanol–water partition coefficient (Wildman–Crippen LogP) is 4.83. The summed E-state index contributed by atoms with van der Waals surface area (Å²) in [4.78, 5) is 0. The SMILES string of the molecule is CCCCC(F)C(/C=C\NC)B1CC(C)(C)CC(C)(C)O1. The predicted molar refractivity (Wildman–Crippen MR) is 90.5 cm³/mol. The molecule has 2 unspecified atom stereocenters. The first-order valence-electron chi connectivity index (χ1n) is 8.36. The van der Waals surface area contributed by atoms with E-state index in [1.165, 1.54) is 0 Å². The summed E-state index contributed by atoms with van der Waals surface area (Å²) in [5.74, 6) is -0.164. The lowest BCUT2D eigenvalue weighted by molar-refractivity contribution is 0.0273. The van der Waals surface area contributed by atoms with E-state index in [1.807, 2.05) is 19.3 Å². The molecule has 1 aliphatic heterocycles. The number of unbranched alkanes of at least 4 members (excludes halogenated alkanes) is 1. The van der Waals surface area contributed by atoms with Crippen LogP contribution in [0.5, 0.6) is 0 Å². The molecule has 0 aromatic heterocycles. The first-order valence-corrected chi connectivity index (χ1v) is 8.36. The number of halogens is 1. The van der Waals surface area contributed by atoms with Gasteiger partial charge in [-0.15, -0.1) is 0 Å². The minimum absolute atomic E-state index is 0.0415. The van der Waals surface area contributed by atoms with Crippen molar-refractivity contribution in [2.45, 2.75) is 84.2 Å². The van der Waals surface area contributed by atoms with E-state index in [4.69, 9.17) is 4.65 Å². The molecule has 1 saturated heterocycles. The van der Waals surface area contributed by atoms with E-state index < -0.39 is 6.17 Å². The Morgan fingerprint density at radius 2 is 2.00 bits per heavy atom. The Labute approximate surface area is 131 Å². The molecular formula is C17H33BFNO. The topological polar surface area (TPSA) is 21.3 Å². The normalized spacial score (nSPS) is 24.0. The lowest BCUT2D eigenvalue weighted by atomic mass is 9.44. The van der Waals surface area contributed by atoms with Crippen LogP contribution in [0.4, 0.5) is 4.39 Å². The van der Waals surface area contributed by atoms with Gasteiger partial charge >= 0.3 is 6.92 Å². The van der Waals surface area contributed by atoms with Crippen molar-refractivity contribution in [1.29, 1.82) is 0 Å². The van der Waals surface area contributed by atoms with Crippen LogP contribution >= 0.6 is 0 Å². The van der Waals surface area contributed by atoms with E-state index in [0.29, 0.717) is 6.42 Å². The molecule has 0 aliphatic carbocycles. The van der Waals surface area contributed by atoms with Crippen molar-refractivity contribution in [2.24, 2.45) is 5.41 Å². The summed E-state index contributed by atoms with van der Waals surface area (Å²) in [7, 11) is 1.85. The summed E-state index contributed by atoms with van der Waals surface area (Å²) in [6.45, 7) is 10.8. The maximum Gasteiger partial charge on any atom is 0.304 e. The van der Waals surface area contributed by atoms with Gasteiger partial charge in [-0.1, -0.05) is 39.7 Å². The van der Waals surface area contributed by atoms with Crippen LogP contribution in [-0.2, 0) is 4.65 Å². The summed E-state index contributed by atoms with van der Waals surface area (Å²) in [5.41, 5.74) is 0.0191. The quantitative estimate of drug-likeness (QED) is 0.679. The minimum atomic E-state index is -0.829. The van der Waals surface area contributed by atoms with Crippen molar-refractivity contribution in [3.63, 3.8) is 0 Å². The number of alkyl halides is 1. The second-order valence-electron chi connectivity index (χ2n) is 7.84. The van der Waals surface area contributed by atoms with Gasteiger partial charge in [0.25, 0.3) is 0 Å². The second-order valence-corrected chi connectivity index (χ2v) is 7.84. The molecule has 1 heterocycles. The summed E-state index contributed by atoms with van der Waals surface area (Å²) >= 11 is 0. The van der Waals surface area contributed by atoms with Crippen molar-refractivity contribution in [1.82, 2.24) is 5.32 Å². The standard InChI is InChI=1S/C17H33BFNO/c1-7-8-9-15(19)14(10-11-20-6)18-13-16(2,3)12-17(4,5)21-18/h10-11,14-15,20H,7-9,12-13H2,1-6H3/b11-10-. The Balaban J connectivity index is 2.88. The van der Waals surface area contributed by atoms with Gasteiger partial charge in [-0.2, -0.15) is 0 Å². The number of nitrogens with one attached hydrogen (secondary N) is 1. The monoisotopic (exact) mass is 297 g/mol. The Bertz CT molecular complexity index is 328. The van der Waals surface area contributed by atoms with Crippen molar-refractivity contribution in [3.8, 4) is 0 Å². The largest absolute Gasteiger partial charge is 0.430 e. The van der Waals surface area contributed by atoms with E-state index in [-0.39, 0.29) is 23.7 Å². The Morgan fingerprint density at radius 1 is 1.33 bits per heavy atom. The van der Waals surface area contributed by atoms with Crippen molar-refractivity contribution in [2.75, 3.05) is 7.05 Å². The average molecular weight is 297 g/mol. The molecule has 1 N–H and O–H groups in total. The highest BCUT2D eigenvalue weighted by Crippen LogP contribution is 2.44. The summed E-state index contributed by atoms with van der Waals surface area (Å²) in [6, 6.07) is 0. The van der Waals surface area contributed by atoms with Crippen molar-refractivity contribution < 1.29 is 9.04 Å². The molecule has 0 aromatic carbocycles. The van der Waals surface area contributed by atoms with E-state index in [1.54, 1.807) is 0 Å². The Hall–Kier alpha value is -0.505. The number of hydrogen-bond donors (Lipinski definition) is 1. The number of allylic oxidation sites excluding steroid dienone is 1. The van der Waals surface area contributed by atoms with Crippen LogP contribution in [0.2, 0.25) is 12.1 Å². The van der Waals surface area contributed by atoms with Crippen LogP contribution in [-0.4, -0.2) is 25.7 Å². The molecule has 21 heavy (non-hydrogen) atoms. The first-order chi connectivity index (χ1) is 9.71. The van der Waals surface area contributed by atoms with Crippen LogP contribution < -0.4 is 5.32 Å². The lowest BCUT2D eigenvalue weighted by Crippen LogP contribution is -2.48. The molecule has 0 amide bonds. The third-order valence-electron chi connectivity index (χ3n) is 4.29. The molecule has 1 aliphatic rings. The van der Waals surface area contributed by atoms with E-state index in [9.17, 15) is 4.39 Å². The minimum Gasteiger partial charge on any atom is -0.430 e. The van der Waals surface area contributed by atoms with Gasteiger partial charge in [0.2, 0.25) is 0 Å². The molecule has 0 bridgehead atoms. The maximum absolute atomic E-state index is 14.7. The number of hydrogen-bond acceptors (Lipinski definition) is 2. The molecule has 2 atom stereocenters. The fourth-order valence-corrected chi connectivity index (χ4v) is 3.75. The third-order valence-corrected chi connectivity index (χ3v) is 4.29. The first kappa shape index (κ1) is 18.5. The fourth-order valence-electron chi connectivity index (χ4n) is 3.75. The zero-order chi connectivity index (χ0) is 16.1. The van der Waals surface area contributed by atoms with Crippen LogP contribution in [0.25, 0.3) is 0 Å². The van der Waals surface area contributed by atoms with Gasteiger partial charge in [0, 0.05) is 18.5 Å². The molecule has 2 nitrogen and oxygen atoms in total. The molecule has 4 heteroatoms. The fraction of sp³-hybridized carbons (Fsp3) is 0.882. The molecule has 122 valence electrons. The Morgan fingerprint density at radius 3 is 2.52 bits per heavy atom. The van der Waals surface area contributed by atoms with Gasteiger partial charge < -0.3 is 9.97 Å². The third kappa shape index (κ3) is 6.02. The highest BCUT2D eigenvalue weighted by atomic mass is 19.1. The Kier molecular flexibility index (Phi) is 6.77. The molecular weight excluding hydrogens is 264 g/mol. The van der Waals surface area contributed by atoms with E-state index in [0.717, 1.165) is 25.6 Å². The van der Waals surface area contributed by atoms with Crippen molar-refractivity contribution in [3.05, 3.63) is 12.3 Å². The van der Waals surface area contributed by atoms with Gasteiger partial charge in [-0.05, 0) is 44.6 Å². The summed E-state index contributed by atoms with van der Waals surface area (Å²) in [6.07, 6.45) is 7.51. The lowest BCUT2D eigenvalue weighted by Gasteiger charge is -2.46. The summed E-state index contributed by atoms with van der Waals surface area (Å²) in [5, 5.41) is 2.99. The van der Waals surface area contributed by atoms with Gasteiger partial charge in [-0.3, -0.25) is 0 Å². The van der Waals surface area contributed by atoms with Crippen LogP contribution in [0.15, 0.2) is 12.3 Å². The smallest absolute Gasteiger partial charge is 0.304 e. The van der Waals surface area contributed by atoms with Gasteiger partial charge in [0.05, 0.1) is 0 Å². The van der Waals surface area contributed by atoms with E-state index >= 15 is 0 Å². The zero-order valence-electron chi connectivity index (χ0n) is 14.7. The van der Waals surface area contributed by atoms with Crippen LogP contribution in [0.3, 0.4) is 0 Å². The molecule has 0 aromatic rings. The van der Waals surface area contributed by atoms with Gasteiger partial charge in [-0.25, -0.2) is 4.39 Å². The highest BCUT2D eigenvalue weighted by molar-refractivity contribution is 6.55. The van der Waals surface area contributed by atoms with Crippen molar-refractivity contribution >= 4 is 6.92 Å². The molecule has 0 spiro atoms. The van der Waals surface area contributed by atoms with Crippen LogP contribution in [0.1, 0.15) is 60.3 Å². The highest BCUT2D eigenvalue weighted by Gasteiger charge is 2.45. The van der Waals surface area contributed by atoms with Gasteiger partial charge in [0.1, 0.15) is 6.17 Å². The molecule has 0 radical (unpaired) electrons. The maximum atomic E-state index is 14.7. The van der Waals surface area contributed by atoms with Gasteiger partial charge in [0.15, 0.2) is 0 Å². The summed E-state index contributed by atoms with van der Waals surface area (Å²) < 4.78 is 21.0. The van der Waals surface area contributed by atoms with E-state index in [2.05, 4.69) is 39.9 Å². The van der Waals surface area contributed by atoms with Crippen LogP contribution in [0, 0.1) is 5.41 Å².